The van der Waals surface area contributed by atoms with Crippen LogP contribution in [-0.4, -0.2) is 67.0 Å². The van der Waals surface area contributed by atoms with Gasteiger partial charge in [-0.25, -0.2) is 18.4 Å². The smallest absolute Gasteiger partial charge is 0.362 e. The van der Waals surface area contributed by atoms with Crippen LogP contribution in [0.4, 0.5) is 19.0 Å². The normalized spacial score (nSPS) is 17.8. The molecule has 1 amide bonds. The second kappa shape index (κ2) is 11.3. The lowest BCUT2D eigenvalue weighted by Gasteiger charge is -2.38. The van der Waals surface area contributed by atoms with Crippen molar-refractivity contribution in [2.45, 2.75) is 43.7 Å². The summed E-state index contributed by atoms with van der Waals surface area (Å²) in [6.07, 6.45) is -4.28. The van der Waals surface area contributed by atoms with Crippen LogP contribution in [0.2, 0.25) is 0 Å². The molecule has 5 rings (SSSR count). The first-order valence-corrected chi connectivity index (χ1v) is 15.0. The number of anilines is 1. The zero-order valence-electron chi connectivity index (χ0n) is 23.0. The van der Waals surface area contributed by atoms with E-state index >= 15 is 0 Å². The van der Waals surface area contributed by atoms with Gasteiger partial charge in [-0.05, 0) is 61.9 Å². The molecule has 0 bridgehead atoms. The van der Waals surface area contributed by atoms with Crippen molar-refractivity contribution in [1.29, 1.82) is 0 Å². The summed E-state index contributed by atoms with van der Waals surface area (Å²) in [4.78, 5) is 28.1. The van der Waals surface area contributed by atoms with E-state index in [1.54, 1.807) is 67.4 Å². The van der Waals surface area contributed by atoms with Crippen LogP contribution in [0.1, 0.15) is 28.5 Å². The molecule has 1 fully saturated rings. The van der Waals surface area contributed by atoms with Gasteiger partial charge in [0.1, 0.15) is 5.82 Å². The number of ether oxygens (including phenoxy) is 1. The third kappa shape index (κ3) is 6.52. The molecule has 0 aliphatic carbocycles. The molecule has 0 radical (unpaired) electrons. The minimum Gasteiger partial charge on any atom is -0.362 e. The molecule has 1 aliphatic rings. The summed E-state index contributed by atoms with van der Waals surface area (Å²) in [5.74, 6) is -0.0539. The second-order valence-corrected chi connectivity index (χ2v) is 12.2. The SMILES string of the molecule is Cc1ccc(C(=O)NCc2cc3nc(-c4cccc(N5C[C@@H](C(F)(F)F)O[C@@H](C)C5)n4)ccc3cn2)cc1S(C)(=O)=O. The number of carbonyl (C=O) groups excluding carboxylic acids is 1. The van der Waals surface area contributed by atoms with Crippen LogP contribution in [0.3, 0.4) is 0 Å². The van der Waals surface area contributed by atoms with Crippen LogP contribution in [0.25, 0.3) is 22.3 Å². The number of rotatable bonds is 6. The number of hydrogen-bond donors (Lipinski definition) is 1. The van der Waals surface area contributed by atoms with E-state index in [9.17, 15) is 26.4 Å². The molecule has 13 heteroatoms. The van der Waals surface area contributed by atoms with E-state index in [4.69, 9.17) is 9.72 Å². The molecule has 1 aliphatic heterocycles. The molecule has 4 heterocycles. The zero-order chi connectivity index (χ0) is 30.2. The lowest BCUT2D eigenvalue weighted by atomic mass is 10.1. The maximum absolute atomic E-state index is 13.4. The summed E-state index contributed by atoms with van der Waals surface area (Å²) in [6, 6.07) is 14.9. The second-order valence-electron chi connectivity index (χ2n) is 10.3. The number of halogens is 3. The zero-order valence-corrected chi connectivity index (χ0v) is 23.8. The summed E-state index contributed by atoms with van der Waals surface area (Å²) in [5.41, 5.74) is 2.89. The summed E-state index contributed by atoms with van der Waals surface area (Å²) in [7, 11) is -3.49. The van der Waals surface area contributed by atoms with Crippen molar-refractivity contribution in [3.05, 3.63) is 77.6 Å². The number of morpholine rings is 1. The lowest BCUT2D eigenvalue weighted by molar-refractivity contribution is -0.233. The molecule has 4 aromatic rings. The van der Waals surface area contributed by atoms with Crippen LogP contribution in [0.5, 0.6) is 0 Å². The van der Waals surface area contributed by atoms with Crippen molar-refractivity contribution in [3.63, 3.8) is 0 Å². The third-order valence-corrected chi connectivity index (χ3v) is 8.10. The minimum atomic E-state index is -4.48. The molecule has 220 valence electrons. The number of benzene rings is 1. The minimum absolute atomic E-state index is 0.0755. The molecular weight excluding hydrogens is 571 g/mol. The van der Waals surface area contributed by atoms with Gasteiger partial charge in [-0.15, -0.1) is 0 Å². The van der Waals surface area contributed by atoms with Gasteiger partial charge in [-0.1, -0.05) is 12.1 Å². The Hall–Kier alpha value is -4.10. The van der Waals surface area contributed by atoms with E-state index in [0.29, 0.717) is 34.0 Å². The van der Waals surface area contributed by atoms with Gasteiger partial charge < -0.3 is 15.0 Å². The Labute approximate surface area is 240 Å². The summed E-state index contributed by atoms with van der Waals surface area (Å²) >= 11 is 0. The van der Waals surface area contributed by atoms with Gasteiger partial charge in [-0.2, -0.15) is 13.2 Å². The number of nitrogens with zero attached hydrogens (tertiary/aromatic N) is 4. The number of amides is 1. The monoisotopic (exact) mass is 599 g/mol. The van der Waals surface area contributed by atoms with Crippen molar-refractivity contribution in [2.75, 3.05) is 24.2 Å². The van der Waals surface area contributed by atoms with E-state index in [0.717, 1.165) is 11.6 Å². The van der Waals surface area contributed by atoms with Gasteiger partial charge in [0.25, 0.3) is 5.91 Å². The molecule has 42 heavy (non-hydrogen) atoms. The topological polar surface area (TPSA) is 114 Å². The number of nitrogens with one attached hydrogen (secondary N) is 1. The third-order valence-electron chi connectivity index (χ3n) is 6.86. The van der Waals surface area contributed by atoms with E-state index in [1.807, 2.05) is 6.07 Å². The number of fused-ring (bicyclic) bond motifs is 1. The molecule has 0 saturated carbocycles. The summed E-state index contributed by atoms with van der Waals surface area (Å²) in [6.45, 7) is 3.26. The van der Waals surface area contributed by atoms with Gasteiger partial charge in [0.05, 0.1) is 46.7 Å². The fourth-order valence-corrected chi connectivity index (χ4v) is 5.77. The lowest BCUT2D eigenvalue weighted by Crippen LogP contribution is -2.52. The largest absolute Gasteiger partial charge is 0.416 e. The Morgan fingerprint density at radius 1 is 1.07 bits per heavy atom. The van der Waals surface area contributed by atoms with Crippen LogP contribution in [-0.2, 0) is 21.1 Å². The molecule has 0 unspecified atom stereocenters. The number of pyridine rings is 3. The van der Waals surface area contributed by atoms with E-state index < -0.39 is 34.1 Å². The number of sulfone groups is 1. The highest BCUT2D eigenvalue weighted by Crippen LogP contribution is 2.30. The van der Waals surface area contributed by atoms with Crippen LogP contribution < -0.4 is 10.2 Å². The summed E-state index contributed by atoms with van der Waals surface area (Å²) in [5, 5.41) is 3.50. The highest BCUT2D eigenvalue weighted by Gasteiger charge is 2.45. The first-order chi connectivity index (χ1) is 19.8. The average Bonchev–Trinajstić information content (AvgIpc) is 2.94. The van der Waals surface area contributed by atoms with Gasteiger partial charge in [-0.3, -0.25) is 9.78 Å². The Balaban J connectivity index is 1.34. The van der Waals surface area contributed by atoms with Crippen molar-refractivity contribution < 1.29 is 31.1 Å². The van der Waals surface area contributed by atoms with Gasteiger partial charge in [0.2, 0.25) is 0 Å². The highest BCUT2D eigenvalue weighted by molar-refractivity contribution is 7.90. The Bertz CT molecular complexity index is 1760. The predicted octanol–water partition coefficient (Wildman–Crippen LogP) is 4.49. The first-order valence-electron chi connectivity index (χ1n) is 13.1. The first kappa shape index (κ1) is 29.4. The Morgan fingerprint density at radius 3 is 2.57 bits per heavy atom. The predicted molar refractivity (Wildman–Crippen MR) is 151 cm³/mol. The molecule has 9 nitrogen and oxygen atoms in total. The van der Waals surface area contributed by atoms with E-state index in [-0.39, 0.29) is 30.1 Å². The number of aromatic nitrogens is 3. The number of carbonyl (C=O) groups is 1. The molecular formula is C29H28F3N5O4S. The van der Waals surface area contributed by atoms with Crippen molar-refractivity contribution in [3.8, 4) is 11.4 Å². The quantitative estimate of drug-likeness (QED) is 0.345. The molecule has 2 atom stereocenters. The number of hydrogen-bond acceptors (Lipinski definition) is 8. The van der Waals surface area contributed by atoms with E-state index in [2.05, 4.69) is 15.3 Å². The van der Waals surface area contributed by atoms with Crippen LogP contribution in [0, 0.1) is 6.92 Å². The van der Waals surface area contributed by atoms with Crippen LogP contribution in [0.15, 0.2) is 65.7 Å². The Kier molecular flexibility index (Phi) is 7.90. The molecule has 1 N–H and O–H groups in total. The maximum Gasteiger partial charge on any atom is 0.416 e. The van der Waals surface area contributed by atoms with Crippen molar-refractivity contribution in [2.24, 2.45) is 0 Å². The van der Waals surface area contributed by atoms with Gasteiger partial charge in [0, 0.05) is 29.9 Å². The highest BCUT2D eigenvalue weighted by atomic mass is 32.2. The fourth-order valence-electron chi connectivity index (χ4n) is 4.77. The number of aryl methyl sites for hydroxylation is 1. The fraction of sp³-hybridized carbons (Fsp3) is 0.310. The summed E-state index contributed by atoms with van der Waals surface area (Å²) < 4.78 is 69.2. The molecule has 1 saturated heterocycles. The van der Waals surface area contributed by atoms with Gasteiger partial charge in [0.15, 0.2) is 15.9 Å². The van der Waals surface area contributed by atoms with E-state index in [1.165, 1.54) is 6.07 Å². The number of alkyl halides is 3. The van der Waals surface area contributed by atoms with Crippen LogP contribution >= 0.6 is 0 Å². The van der Waals surface area contributed by atoms with Gasteiger partial charge >= 0.3 is 6.18 Å². The standard InChI is InChI=1S/C29H28F3N5O4S/c1-17-7-8-19(11-25(17)42(3,39)40)28(38)34-14-21-12-24-20(13-33-21)9-10-23(35-24)22-5-4-6-27(36-22)37-15-18(2)41-26(16-37)29(30,31)32/h4-13,18,26H,14-16H2,1-3H3,(H,34,38)/t18-,26-/m0/s1. The van der Waals surface area contributed by atoms with Crippen molar-refractivity contribution in [1.82, 2.24) is 20.3 Å². The average molecular weight is 600 g/mol. The molecule has 3 aromatic heterocycles. The van der Waals surface area contributed by atoms with Crippen molar-refractivity contribution >= 4 is 32.5 Å². The maximum atomic E-state index is 13.4. The molecule has 0 spiro atoms. The Morgan fingerprint density at radius 2 is 1.83 bits per heavy atom. The molecule has 1 aromatic carbocycles.